The smallest absolute Gasteiger partial charge is 0.261 e. The first-order chi connectivity index (χ1) is 15.1. The first kappa shape index (κ1) is 25.7. The van der Waals surface area contributed by atoms with Gasteiger partial charge < -0.3 is 15.0 Å². The first-order valence-corrected chi connectivity index (χ1v) is 11.5. The van der Waals surface area contributed by atoms with Crippen LogP contribution in [-0.4, -0.2) is 35.9 Å². The fourth-order valence-corrected chi connectivity index (χ4v) is 3.68. The van der Waals surface area contributed by atoms with Gasteiger partial charge in [0.2, 0.25) is 5.91 Å². The van der Waals surface area contributed by atoms with E-state index in [-0.39, 0.29) is 18.4 Å². The van der Waals surface area contributed by atoms with Crippen LogP contribution >= 0.6 is 11.6 Å². The van der Waals surface area contributed by atoms with Gasteiger partial charge in [0.25, 0.3) is 5.91 Å². The Morgan fingerprint density at radius 1 is 1.09 bits per heavy atom. The predicted molar refractivity (Wildman–Crippen MR) is 130 cm³/mol. The van der Waals surface area contributed by atoms with E-state index in [0.717, 1.165) is 22.3 Å². The normalized spacial score (nSPS) is 11.9. The maximum Gasteiger partial charge on any atom is 0.261 e. The van der Waals surface area contributed by atoms with Gasteiger partial charge in [-0.05, 0) is 61.9 Å². The van der Waals surface area contributed by atoms with Gasteiger partial charge in [0.05, 0.1) is 0 Å². The minimum absolute atomic E-state index is 0.139. The number of carbonyl (C=O) groups excluding carboxylic acids is 2. The number of aryl methyl sites for hydroxylation is 3. The molecule has 0 aliphatic heterocycles. The van der Waals surface area contributed by atoms with Gasteiger partial charge in [-0.25, -0.2) is 0 Å². The van der Waals surface area contributed by atoms with Crippen molar-refractivity contribution in [1.82, 2.24) is 10.2 Å². The highest BCUT2D eigenvalue weighted by Crippen LogP contribution is 2.26. The Hall–Kier alpha value is -2.53. The third-order valence-electron chi connectivity index (χ3n) is 5.28. The van der Waals surface area contributed by atoms with Crippen LogP contribution in [-0.2, 0) is 16.1 Å². The van der Waals surface area contributed by atoms with Crippen molar-refractivity contribution in [2.24, 2.45) is 5.92 Å². The number of hydrogen-bond donors (Lipinski definition) is 1. The third-order valence-corrected chi connectivity index (χ3v) is 5.87. The third kappa shape index (κ3) is 7.27. The zero-order chi connectivity index (χ0) is 23.8. The predicted octanol–water partition coefficient (Wildman–Crippen LogP) is 5.22. The van der Waals surface area contributed by atoms with Crippen molar-refractivity contribution < 1.29 is 14.3 Å². The molecule has 1 atom stereocenters. The number of rotatable bonds is 10. The van der Waals surface area contributed by atoms with Gasteiger partial charge in [-0.3, -0.25) is 9.59 Å². The van der Waals surface area contributed by atoms with E-state index in [1.807, 2.05) is 77.9 Å². The number of hydrogen-bond acceptors (Lipinski definition) is 3. The Morgan fingerprint density at radius 2 is 1.75 bits per heavy atom. The second-order valence-corrected chi connectivity index (χ2v) is 9.11. The van der Waals surface area contributed by atoms with Crippen molar-refractivity contribution in [1.29, 1.82) is 0 Å². The topological polar surface area (TPSA) is 58.6 Å². The Labute approximate surface area is 197 Å². The average molecular weight is 459 g/mol. The molecule has 2 rings (SSSR count). The molecule has 6 heteroatoms. The van der Waals surface area contributed by atoms with E-state index in [1.165, 1.54) is 0 Å². The van der Waals surface area contributed by atoms with E-state index < -0.39 is 6.04 Å². The molecular formula is C26H35ClN2O3. The minimum Gasteiger partial charge on any atom is -0.484 e. The summed E-state index contributed by atoms with van der Waals surface area (Å²) in [6.45, 7) is 12.6. The van der Waals surface area contributed by atoms with Crippen molar-refractivity contribution in [3.05, 3.63) is 63.7 Å². The number of nitrogens with one attached hydrogen (secondary N) is 1. The van der Waals surface area contributed by atoms with Crippen LogP contribution in [0.2, 0.25) is 5.02 Å². The van der Waals surface area contributed by atoms with Crippen LogP contribution in [0.1, 0.15) is 49.4 Å². The summed E-state index contributed by atoms with van der Waals surface area (Å²) >= 11 is 6.24. The molecule has 0 saturated heterocycles. The Morgan fingerprint density at radius 3 is 2.31 bits per heavy atom. The molecule has 2 aromatic rings. The fourth-order valence-electron chi connectivity index (χ4n) is 3.57. The van der Waals surface area contributed by atoms with Gasteiger partial charge >= 0.3 is 0 Å². The Kier molecular flexibility index (Phi) is 9.58. The quantitative estimate of drug-likeness (QED) is 0.530. The van der Waals surface area contributed by atoms with Gasteiger partial charge in [-0.15, -0.1) is 0 Å². The van der Waals surface area contributed by atoms with Crippen molar-refractivity contribution in [3.8, 4) is 5.75 Å². The summed E-state index contributed by atoms with van der Waals surface area (Å²) < 4.78 is 5.82. The standard InChI is InChI=1S/C26H35ClN2O3/c1-7-23(26(31)28-14-17(2)3)29(15-21-10-8-9-18(4)11-21)24(30)16-32-22-12-19(5)25(27)20(6)13-22/h8-13,17,23H,7,14-16H2,1-6H3,(H,28,31). The van der Waals surface area contributed by atoms with E-state index in [1.54, 1.807) is 4.90 Å². The van der Waals surface area contributed by atoms with Gasteiger partial charge in [0, 0.05) is 18.1 Å². The summed E-state index contributed by atoms with van der Waals surface area (Å²) in [4.78, 5) is 27.8. The lowest BCUT2D eigenvalue weighted by atomic mass is 10.1. The van der Waals surface area contributed by atoms with Crippen molar-refractivity contribution in [2.45, 2.75) is 60.5 Å². The highest BCUT2D eigenvalue weighted by molar-refractivity contribution is 6.32. The van der Waals surface area contributed by atoms with Gasteiger partial charge in [-0.1, -0.05) is 62.2 Å². The van der Waals surface area contributed by atoms with Crippen molar-refractivity contribution in [3.63, 3.8) is 0 Å². The average Bonchev–Trinajstić information content (AvgIpc) is 2.74. The number of nitrogens with zero attached hydrogens (tertiary/aromatic N) is 1. The molecule has 2 amide bonds. The van der Waals surface area contributed by atoms with E-state index in [4.69, 9.17) is 16.3 Å². The van der Waals surface area contributed by atoms with Gasteiger partial charge in [-0.2, -0.15) is 0 Å². The lowest BCUT2D eigenvalue weighted by Crippen LogP contribution is -2.50. The van der Waals surface area contributed by atoms with Gasteiger partial charge in [0.15, 0.2) is 6.61 Å². The molecule has 0 aliphatic carbocycles. The molecule has 1 N–H and O–H groups in total. The minimum atomic E-state index is -0.570. The van der Waals surface area contributed by atoms with Crippen LogP contribution < -0.4 is 10.1 Å². The van der Waals surface area contributed by atoms with E-state index >= 15 is 0 Å². The SMILES string of the molecule is CCC(C(=O)NCC(C)C)N(Cc1cccc(C)c1)C(=O)COc1cc(C)c(Cl)c(C)c1. The maximum atomic E-state index is 13.3. The summed E-state index contributed by atoms with van der Waals surface area (Å²) in [5.41, 5.74) is 3.87. The van der Waals surface area contributed by atoms with Crippen LogP contribution in [0.3, 0.4) is 0 Å². The molecule has 0 bridgehead atoms. The highest BCUT2D eigenvalue weighted by Gasteiger charge is 2.29. The molecule has 0 fully saturated rings. The lowest BCUT2D eigenvalue weighted by molar-refractivity contribution is -0.143. The summed E-state index contributed by atoms with van der Waals surface area (Å²) in [5, 5.41) is 3.66. The van der Waals surface area contributed by atoms with Crippen LogP contribution in [0.15, 0.2) is 36.4 Å². The molecule has 0 radical (unpaired) electrons. The van der Waals surface area contributed by atoms with Crippen LogP contribution in [0.25, 0.3) is 0 Å². The molecule has 0 aliphatic rings. The number of halogens is 1. The number of carbonyl (C=O) groups is 2. The molecule has 0 saturated carbocycles. The molecule has 0 aromatic heterocycles. The second kappa shape index (κ2) is 11.9. The molecule has 5 nitrogen and oxygen atoms in total. The van der Waals surface area contributed by atoms with Crippen LogP contribution in [0, 0.1) is 26.7 Å². The fraction of sp³-hybridized carbons (Fsp3) is 0.462. The summed E-state index contributed by atoms with van der Waals surface area (Å²) in [7, 11) is 0. The first-order valence-electron chi connectivity index (χ1n) is 11.1. The Bertz CT molecular complexity index is 919. The summed E-state index contributed by atoms with van der Waals surface area (Å²) in [6, 6.07) is 11.0. The Balaban J connectivity index is 2.23. The number of amides is 2. The molecule has 2 aromatic carbocycles. The van der Waals surface area contributed by atoms with E-state index in [9.17, 15) is 9.59 Å². The van der Waals surface area contributed by atoms with E-state index in [2.05, 4.69) is 5.32 Å². The molecule has 0 spiro atoms. The monoisotopic (exact) mass is 458 g/mol. The molecular weight excluding hydrogens is 424 g/mol. The maximum absolute atomic E-state index is 13.3. The van der Waals surface area contributed by atoms with Crippen molar-refractivity contribution in [2.75, 3.05) is 13.2 Å². The zero-order valence-corrected chi connectivity index (χ0v) is 20.8. The molecule has 1 unspecified atom stereocenters. The summed E-state index contributed by atoms with van der Waals surface area (Å²) in [6.07, 6.45) is 0.515. The number of benzene rings is 2. The second-order valence-electron chi connectivity index (χ2n) is 8.73. The summed E-state index contributed by atoms with van der Waals surface area (Å²) in [5.74, 6) is 0.548. The van der Waals surface area contributed by atoms with Gasteiger partial charge in [0.1, 0.15) is 11.8 Å². The highest BCUT2D eigenvalue weighted by atomic mass is 35.5. The zero-order valence-electron chi connectivity index (χ0n) is 20.0. The van der Waals surface area contributed by atoms with E-state index in [0.29, 0.717) is 36.2 Å². The molecule has 32 heavy (non-hydrogen) atoms. The van der Waals surface area contributed by atoms with Crippen LogP contribution in [0.4, 0.5) is 0 Å². The lowest BCUT2D eigenvalue weighted by Gasteiger charge is -2.31. The largest absolute Gasteiger partial charge is 0.484 e. The van der Waals surface area contributed by atoms with Crippen molar-refractivity contribution >= 4 is 23.4 Å². The number of ether oxygens (including phenoxy) is 1. The molecule has 0 heterocycles. The molecule has 174 valence electrons. The van der Waals surface area contributed by atoms with Crippen LogP contribution in [0.5, 0.6) is 5.75 Å².